The molecule has 60 valence electrons. The van der Waals surface area contributed by atoms with Gasteiger partial charge in [0.2, 0.25) is 0 Å². The van der Waals surface area contributed by atoms with Gasteiger partial charge in [0.05, 0.1) is 6.10 Å². The molecule has 0 aliphatic carbocycles. The molecule has 1 nitrogen and oxygen atoms in total. The van der Waals surface area contributed by atoms with Crippen molar-refractivity contribution in [1.82, 2.24) is 0 Å². The van der Waals surface area contributed by atoms with E-state index >= 15 is 0 Å². The highest BCUT2D eigenvalue weighted by molar-refractivity contribution is 8.00. The van der Waals surface area contributed by atoms with Crippen LogP contribution in [-0.2, 0) is 0 Å². The van der Waals surface area contributed by atoms with E-state index in [0.717, 1.165) is 6.42 Å². The van der Waals surface area contributed by atoms with Crippen molar-refractivity contribution in [3.8, 4) is 0 Å². The summed E-state index contributed by atoms with van der Waals surface area (Å²) in [4.78, 5) is 0. The number of rotatable bonds is 2. The largest absolute Gasteiger partial charge is 0.392 e. The molecule has 0 aromatic heterocycles. The first-order chi connectivity index (χ1) is 4.84. The average Bonchev–Trinajstić information content (AvgIpc) is 2.05. The van der Waals surface area contributed by atoms with Crippen LogP contribution in [0.5, 0.6) is 0 Å². The fourth-order valence-electron chi connectivity index (χ4n) is 1.33. The third-order valence-corrected chi connectivity index (χ3v) is 3.56. The van der Waals surface area contributed by atoms with Crippen molar-refractivity contribution in [2.45, 2.75) is 44.0 Å². The Labute approximate surface area is 67.2 Å². The van der Waals surface area contributed by atoms with E-state index < -0.39 is 0 Å². The summed E-state index contributed by atoms with van der Waals surface area (Å²) in [5, 5.41) is 10.0. The third kappa shape index (κ3) is 2.17. The fourth-order valence-corrected chi connectivity index (χ4v) is 2.75. The Balaban J connectivity index is 2.24. The van der Waals surface area contributed by atoms with E-state index in [1.165, 1.54) is 25.0 Å². The molecule has 0 bridgehead atoms. The number of aliphatic hydroxyl groups is 1. The Morgan fingerprint density at radius 2 is 2.40 bits per heavy atom. The highest BCUT2D eigenvalue weighted by atomic mass is 32.2. The molecule has 1 aliphatic rings. The summed E-state index contributed by atoms with van der Waals surface area (Å²) in [6.07, 6.45) is 4.74. The quantitative estimate of drug-likeness (QED) is 0.667. The highest BCUT2D eigenvalue weighted by Gasteiger charge is 2.20. The fraction of sp³-hybridized carbons (Fsp3) is 1.00. The molecule has 2 unspecified atom stereocenters. The van der Waals surface area contributed by atoms with Crippen molar-refractivity contribution in [3.63, 3.8) is 0 Å². The second-order valence-electron chi connectivity index (χ2n) is 2.88. The SMILES string of the molecule is CCC(O)C1CCCCS1. The van der Waals surface area contributed by atoms with Crippen LogP contribution >= 0.6 is 11.8 Å². The van der Waals surface area contributed by atoms with Crippen LogP contribution in [0.25, 0.3) is 0 Å². The smallest absolute Gasteiger partial charge is 0.0656 e. The molecule has 2 atom stereocenters. The Morgan fingerprint density at radius 1 is 1.60 bits per heavy atom. The van der Waals surface area contributed by atoms with Crippen LogP contribution in [0.1, 0.15) is 32.6 Å². The maximum Gasteiger partial charge on any atom is 0.0656 e. The maximum absolute atomic E-state index is 9.46. The van der Waals surface area contributed by atoms with Gasteiger partial charge in [0.25, 0.3) is 0 Å². The van der Waals surface area contributed by atoms with Crippen LogP contribution in [0.2, 0.25) is 0 Å². The maximum atomic E-state index is 9.46. The Kier molecular flexibility index (Phi) is 3.57. The predicted octanol–water partition coefficient (Wildman–Crippen LogP) is 2.04. The van der Waals surface area contributed by atoms with Gasteiger partial charge in [-0.25, -0.2) is 0 Å². The van der Waals surface area contributed by atoms with E-state index in [-0.39, 0.29) is 6.10 Å². The lowest BCUT2D eigenvalue weighted by molar-refractivity contribution is 0.162. The number of hydrogen-bond acceptors (Lipinski definition) is 2. The molecule has 10 heavy (non-hydrogen) atoms. The predicted molar refractivity (Wildman–Crippen MR) is 46.4 cm³/mol. The molecule has 0 aromatic carbocycles. The number of thioether (sulfide) groups is 1. The lowest BCUT2D eigenvalue weighted by atomic mass is 10.1. The summed E-state index contributed by atoms with van der Waals surface area (Å²) in [7, 11) is 0. The molecule has 0 aromatic rings. The van der Waals surface area contributed by atoms with Gasteiger partial charge < -0.3 is 5.11 Å². The van der Waals surface area contributed by atoms with Gasteiger partial charge in [-0.2, -0.15) is 11.8 Å². The standard InChI is InChI=1S/C8H16OS/c1-2-7(9)8-5-3-4-6-10-8/h7-9H,2-6H2,1H3. The minimum absolute atomic E-state index is 0.0506. The molecule has 1 N–H and O–H groups in total. The molecule has 0 spiro atoms. The van der Waals surface area contributed by atoms with E-state index in [2.05, 4.69) is 6.92 Å². The summed E-state index contributed by atoms with van der Waals surface area (Å²) in [5.41, 5.74) is 0. The van der Waals surface area contributed by atoms with Gasteiger partial charge in [0.15, 0.2) is 0 Å². The van der Waals surface area contributed by atoms with Crippen LogP contribution in [0, 0.1) is 0 Å². The zero-order valence-corrected chi connectivity index (χ0v) is 7.36. The van der Waals surface area contributed by atoms with Gasteiger partial charge in [0, 0.05) is 5.25 Å². The van der Waals surface area contributed by atoms with Crippen LogP contribution in [0.3, 0.4) is 0 Å². The van der Waals surface area contributed by atoms with Crippen molar-refractivity contribution in [2.24, 2.45) is 0 Å². The lowest BCUT2D eigenvalue weighted by Gasteiger charge is -2.24. The molecule has 1 aliphatic heterocycles. The molecular weight excluding hydrogens is 144 g/mol. The number of aliphatic hydroxyl groups excluding tert-OH is 1. The average molecular weight is 160 g/mol. The van der Waals surface area contributed by atoms with Crippen molar-refractivity contribution in [1.29, 1.82) is 0 Å². The zero-order valence-electron chi connectivity index (χ0n) is 6.55. The molecule has 0 amide bonds. The number of hydrogen-bond donors (Lipinski definition) is 1. The van der Waals surface area contributed by atoms with Gasteiger partial charge >= 0.3 is 0 Å². The van der Waals surface area contributed by atoms with E-state index in [9.17, 15) is 5.11 Å². The Morgan fingerprint density at radius 3 is 2.90 bits per heavy atom. The molecule has 0 saturated carbocycles. The van der Waals surface area contributed by atoms with Crippen molar-refractivity contribution < 1.29 is 5.11 Å². The summed E-state index contributed by atoms with van der Waals surface area (Å²) in [5.74, 6) is 1.25. The Hall–Kier alpha value is 0.310. The second kappa shape index (κ2) is 4.24. The monoisotopic (exact) mass is 160 g/mol. The first-order valence-electron chi connectivity index (χ1n) is 4.14. The Bertz CT molecular complexity index is 89.3. The van der Waals surface area contributed by atoms with Crippen molar-refractivity contribution in [3.05, 3.63) is 0 Å². The van der Waals surface area contributed by atoms with E-state index in [0.29, 0.717) is 5.25 Å². The highest BCUT2D eigenvalue weighted by Crippen LogP contribution is 2.28. The van der Waals surface area contributed by atoms with Crippen LogP contribution in [-0.4, -0.2) is 22.2 Å². The van der Waals surface area contributed by atoms with Crippen LogP contribution in [0.15, 0.2) is 0 Å². The molecule has 0 radical (unpaired) electrons. The van der Waals surface area contributed by atoms with Crippen molar-refractivity contribution in [2.75, 3.05) is 5.75 Å². The minimum atomic E-state index is -0.0506. The van der Waals surface area contributed by atoms with Gasteiger partial charge in [0.1, 0.15) is 0 Å². The van der Waals surface area contributed by atoms with Crippen LogP contribution < -0.4 is 0 Å². The van der Waals surface area contributed by atoms with Gasteiger partial charge in [-0.15, -0.1) is 0 Å². The van der Waals surface area contributed by atoms with E-state index in [1.807, 2.05) is 11.8 Å². The molecule has 1 rings (SSSR count). The summed E-state index contributed by atoms with van der Waals surface area (Å²) in [6.45, 7) is 2.06. The zero-order chi connectivity index (χ0) is 7.40. The summed E-state index contributed by atoms with van der Waals surface area (Å²) < 4.78 is 0. The van der Waals surface area contributed by atoms with Gasteiger partial charge in [-0.3, -0.25) is 0 Å². The molecule has 1 saturated heterocycles. The molecule has 2 heteroatoms. The van der Waals surface area contributed by atoms with E-state index in [4.69, 9.17) is 0 Å². The van der Waals surface area contributed by atoms with Crippen molar-refractivity contribution >= 4 is 11.8 Å². The molecule has 1 heterocycles. The summed E-state index contributed by atoms with van der Waals surface area (Å²) >= 11 is 1.95. The third-order valence-electron chi connectivity index (χ3n) is 2.06. The van der Waals surface area contributed by atoms with Crippen LogP contribution in [0.4, 0.5) is 0 Å². The topological polar surface area (TPSA) is 20.2 Å². The first-order valence-corrected chi connectivity index (χ1v) is 5.19. The summed E-state index contributed by atoms with van der Waals surface area (Å²) in [6, 6.07) is 0. The van der Waals surface area contributed by atoms with E-state index in [1.54, 1.807) is 0 Å². The molecule has 1 fully saturated rings. The van der Waals surface area contributed by atoms with Gasteiger partial charge in [-0.05, 0) is 25.0 Å². The molecular formula is C8H16OS. The second-order valence-corrected chi connectivity index (χ2v) is 4.23. The normalized spacial score (nSPS) is 30.0. The minimum Gasteiger partial charge on any atom is -0.392 e. The first kappa shape index (κ1) is 8.41. The van der Waals surface area contributed by atoms with Gasteiger partial charge in [-0.1, -0.05) is 13.3 Å². The lowest BCUT2D eigenvalue weighted by Crippen LogP contribution is -2.24.